The highest BCUT2D eigenvalue weighted by Gasteiger charge is 2.54. The van der Waals surface area contributed by atoms with E-state index in [1.165, 1.54) is 4.90 Å². The molecular formula is C21H28N2O6. The number of rotatable bonds is 4. The van der Waals surface area contributed by atoms with Crippen molar-refractivity contribution in [2.45, 2.75) is 64.5 Å². The molecule has 4 atom stereocenters. The molecule has 0 saturated carbocycles. The highest BCUT2D eigenvalue weighted by atomic mass is 16.6. The van der Waals surface area contributed by atoms with Gasteiger partial charge in [-0.2, -0.15) is 0 Å². The van der Waals surface area contributed by atoms with Crippen molar-refractivity contribution in [1.29, 1.82) is 0 Å². The summed E-state index contributed by atoms with van der Waals surface area (Å²) in [7, 11) is 0. The minimum atomic E-state index is -0.644. The summed E-state index contributed by atoms with van der Waals surface area (Å²) in [6.45, 7) is 7.61. The van der Waals surface area contributed by atoms with Gasteiger partial charge >= 0.3 is 18.2 Å². The van der Waals surface area contributed by atoms with Crippen LogP contribution in [0.4, 0.5) is 9.59 Å². The number of nitrogens with one attached hydrogen (secondary N) is 1. The summed E-state index contributed by atoms with van der Waals surface area (Å²) in [5.74, 6) is -0.886. The van der Waals surface area contributed by atoms with Gasteiger partial charge < -0.3 is 24.4 Å². The van der Waals surface area contributed by atoms with E-state index in [2.05, 4.69) is 5.32 Å². The van der Waals surface area contributed by atoms with Crippen LogP contribution in [0.15, 0.2) is 30.3 Å². The second-order valence-electron chi connectivity index (χ2n) is 8.43. The summed E-state index contributed by atoms with van der Waals surface area (Å²) in [6.07, 6.45) is -0.926. The van der Waals surface area contributed by atoms with Crippen LogP contribution >= 0.6 is 0 Å². The molecule has 1 aromatic rings. The summed E-state index contributed by atoms with van der Waals surface area (Å²) < 4.78 is 15.9. The summed E-state index contributed by atoms with van der Waals surface area (Å²) in [4.78, 5) is 38.6. The van der Waals surface area contributed by atoms with E-state index in [0.29, 0.717) is 13.0 Å². The Hall–Kier alpha value is -2.77. The van der Waals surface area contributed by atoms with E-state index in [1.807, 2.05) is 30.3 Å². The van der Waals surface area contributed by atoms with E-state index in [9.17, 15) is 14.4 Å². The molecule has 0 aromatic heterocycles. The fourth-order valence-electron chi connectivity index (χ4n) is 3.76. The number of benzene rings is 1. The monoisotopic (exact) mass is 404 g/mol. The predicted octanol–water partition coefficient (Wildman–Crippen LogP) is 2.85. The van der Waals surface area contributed by atoms with Gasteiger partial charge in [0.15, 0.2) is 0 Å². The van der Waals surface area contributed by atoms with Crippen LogP contribution in [-0.4, -0.2) is 53.4 Å². The molecule has 0 aliphatic carbocycles. The fraction of sp³-hybridized carbons (Fsp3) is 0.571. The number of amides is 2. The van der Waals surface area contributed by atoms with Gasteiger partial charge in [0.05, 0.1) is 12.1 Å². The minimum absolute atomic E-state index is 0.137. The van der Waals surface area contributed by atoms with Crippen molar-refractivity contribution in [1.82, 2.24) is 10.2 Å². The summed E-state index contributed by atoms with van der Waals surface area (Å²) in [6, 6.07) is 8.40. The maximum atomic E-state index is 12.8. The number of hydrogen-bond donors (Lipinski definition) is 1. The third kappa shape index (κ3) is 4.99. The first-order valence-corrected chi connectivity index (χ1v) is 9.83. The third-order valence-corrected chi connectivity index (χ3v) is 5.04. The summed E-state index contributed by atoms with van der Waals surface area (Å²) >= 11 is 0. The number of hydrogen-bond acceptors (Lipinski definition) is 6. The molecule has 1 N–H and O–H groups in total. The van der Waals surface area contributed by atoms with Crippen LogP contribution in [0.2, 0.25) is 0 Å². The van der Waals surface area contributed by atoms with Crippen molar-refractivity contribution in [2.24, 2.45) is 5.92 Å². The molecule has 2 saturated heterocycles. The molecule has 158 valence electrons. The Morgan fingerprint density at radius 3 is 2.52 bits per heavy atom. The molecule has 29 heavy (non-hydrogen) atoms. The van der Waals surface area contributed by atoms with Crippen molar-refractivity contribution in [3.8, 4) is 0 Å². The first-order chi connectivity index (χ1) is 13.7. The largest absolute Gasteiger partial charge is 0.461 e. The maximum absolute atomic E-state index is 12.8. The van der Waals surface area contributed by atoms with Crippen LogP contribution in [-0.2, 0) is 25.6 Å². The van der Waals surface area contributed by atoms with Crippen LogP contribution in [0, 0.1) is 5.92 Å². The van der Waals surface area contributed by atoms with Crippen molar-refractivity contribution < 1.29 is 28.6 Å². The topological polar surface area (TPSA) is 94.2 Å². The van der Waals surface area contributed by atoms with Crippen LogP contribution in [0.25, 0.3) is 0 Å². The van der Waals surface area contributed by atoms with E-state index < -0.39 is 35.8 Å². The molecule has 2 heterocycles. The number of cyclic esters (lactones) is 1. The van der Waals surface area contributed by atoms with E-state index in [4.69, 9.17) is 14.2 Å². The zero-order valence-electron chi connectivity index (χ0n) is 17.2. The molecule has 0 bridgehead atoms. The van der Waals surface area contributed by atoms with Gasteiger partial charge in [0.25, 0.3) is 0 Å². The van der Waals surface area contributed by atoms with Crippen LogP contribution < -0.4 is 5.32 Å². The zero-order valence-corrected chi connectivity index (χ0v) is 17.2. The van der Waals surface area contributed by atoms with Crippen molar-refractivity contribution >= 4 is 18.2 Å². The van der Waals surface area contributed by atoms with Gasteiger partial charge in [-0.05, 0) is 39.7 Å². The Bertz CT molecular complexity index is 760. The summed E-state index contributed by atoms with van der Waals surface area (Å²) in [5, 5.41) is 2.82. The lowest BCUT2D eigenvalue weighted by Gasteiger charge is -2.41. The van der Waals surface area contributed by atoms with Crippen LogP contribution in [0.3, 0.4) is 0 Å². The molecule has 0 spiro atoms. The second-order valence-corrected chi connectivity index (χ2v) is 8.43. The molecule has 2 aliphatic heterocycles. The lowest BCUT2D eigenvalue weighted by atomic mass is 9.86. The average Bonchev–Trinajstić information content (AvgIpc) is 3.01. The second kappa shape index (κ2) is 8.31. The number of nitrogens with zero attached hydrogens (tertiary/aromatic N) is 1. The molecule has 2 aliphatic rings. The van der Waals surface area contributed by atoms with Crippen LogP contribution in [0.1, 0.15) is 39.7 Å². The Morgan fingerprint density at radius 2 is 1.93 bits per heavy atom. The molecule has 8 heteroatoms. The molecule has 3 rings (SSSR count). The fourth-order valence-corrected chi connectivity index (χ4v) is 3.76. The lowest BCUT2D eigenvalue weighted by molar-refractivity contribution is -0.187. The van der Waals surface area contributed by atoms with Gasteiger partial charge in [0, 0.05) is 6.54 Å². The SMILES string of the molecule is CC1OC(=O)[C@@H]1[C@@H]1[C@@H](NC(=O)OC(C)(C)C)CCN1C(=O)OCc1ccccc1. The van der Waals surface area contributed by atoms with Gasteiger partial charge in [-0.3, -0.25) is 4.79 Å². The lowest BCUT2D eigenvalue weighted by Crippen LogP contribution is -2.60. The van der Waals surface area contributed by atoms with E-state index in [0.717, 1.165) is 5.56 Å². The number of likely N-dealkylation sites (tertiary alicyclic amines) is 1. The first kappa shape index (κ1) is 21.0. The summed E-state index contributed by atoms with van der Waals surface area (Å²) in [5.41, 5.74) is 0.228. The quantitative estimate of drug-likeness (QED) is 0.613. The van der Waals surface area contributed by atoms with Crippen molar-refractivity contribution in [3.05, 3.63) is 35.9 Å². The van der Waals surface area contributed by atoms with Crippen LogP contribution in [0.5, 0.6) is 0 Å². The number of alkyl carbamates (subject to hydrolysis) is 1. The number of ether oxygens (including phenoxy) is 3. The van der Waals surface area contributed by atoms with Crippen molar-refractivity contribution in [2.75, 3.05) is 6.54 Å². The van der Waals surface area contributed by atoms with E-state index in [1.54, 1.807) is 27.7 Å². The van der Waals surface area contributed by atoms with Crippen molar-refractivity contribution in [3.63, 3.8) is 0 Å². The Morgan fingerprint density at radius 1 is 1.24 bits per heavy atom. The maximum Gasteiger partial charge on any atom is 0.410 e. The van der Waals surface area contributed by atoms with Gasteiger partial charge in [-0.25, -0.2) is 9.59 Å². The molecular weight excluding hydrogens is 376 g/mol. The highest BCUT2D eigenvalue weighted by Crippen LogP contribution is 2.35. The van der Waals surface area contributed by atoms with E-state index in [-0.39, 0.29) is 18.7 Å². The normalized spacial score (nSPS) is 26.3. The molecule has 1 aromatic carbocycles. The number of carbonyl (C=O) groups is 3. The smallest absolute Gasteiger partial charge is 0.410 e. The molecule has 2 fully saturated rings. The van der Waals surface area contributed by atoms with Gasteiger partial charge in [0.2, 0.25) is 0 Å². The Balaban J connectivity index is 1.69. The van der Waals surface area contributed by atoms with Gasteiger partial charge in [0.1, 0.15) is 24.2 Å². The third-order valence-electron chi connectivity index (χ3n) is 5.04. The number of carbonyl (C=O) groups excluding carboxylic acids is 3. The Labute approximate surface area is 170 Å². The molecule has 8 nitrogen and oxygen atoms in total. The Kier molecular flexibility index (Phi) is 6.00. The average molecular weight is 404 g/mol. The number of esters is 1. The standard InChI is InChI=1S/C21H28N2O6/c1-13-16(18(24)28-13)17-15(22-19(25)29-21(2,3)4)10-11-23(17)20(26)27-12-14-8-6-5-7-9-14/h5-9,13,15-17H,10-12H2,1-4H3,(H,22,25)/t13?,15-,16-,17-/m0/s1. The molecule has 0 radical (unpaired) electrons. The zero-order chi connectivity index (χ0) is 21.2. The highest BCUT2D eigenvalue weighted by molar-refractivity contribution is 5.81. The first-order valence-electron chi connectivity index (χ1n) is 9.83. The van der Waals surface area contributed by atoms with E-state index >= 15 is 0 Å². The minimum Gasteiger partial charge on any atom is -0.461 e. The van der Waals surface area contributed by atoms with Gasteiger partial charge in [-0.15, -0.1) is 0 Å². The van der Waals surface area contributed by atoms with Gasteiger partial charge in [-0.1, -0.05) is 30.3 Å². The molecule has 1 unspecified atom stereocenters. The molecule has 2 amide bonds. The predicted molar refractivity (Wildman–Crippen MR) is 104 cm³/mol.